The maximum Gasteiger partial charge on any atom is 0.244 e. The lowest BCUT2D eigenvalue weighted by molar-refractivity contribution is 0.347. The van der Waals surface area contributed by atoms with Crippen molar-refractivity contribution in [2.75, 3.05) is 13.2 Å². The Kier molecular flexibility index (Phi) is 4.77. The summed E-state index contributed by atoms with van der Waals surface area (Å²) in [5, 5.41) is 0. The quantitative estimate of drug-likeness (QED) is 0.809. The number of ether oxygens (including phenoxy) is 1. The van der Waals surface area contributed by atoms with Crippen molar-refractivity contribution in [3.8, 4) is 5.75 Å². The summed E-state index contributed by atoms with van der Waals surface area (Å²) in [5.74, 6) is 0.818. The molecule has 1 aromatic carbocycles. The van der Waals surface area contributed by atoms with E-state index >= 15 is 0 Å². The fourth-order valence-electron chi connectivity index (χ4n) is 3.39. The first-order chi connectivity index (χ1) is 10.5. The Balaban J connectivity index is 1.90. The van der Waals surface area contributed by atoms with Crippen LogP contribution in [0.2, 0.25) is 0 Å². The molecule has 0 saturated heterocycles. The molecule has 22 heavy (non-hydrogen) atoms. The van der Waals surface area contributed by atoms with E-state index in [0.29, 0.717) is 24.8 Å². The summed E-state index contributed by atoms with van der Waals surface area (Å²) in [7, 11) is -3.64. The highest BCUT2D eigenvalue weighted by Gasteiger charge is 2.31. The molecule has 3 N–H and O–H groups in total. The van der Waals surface area contributed by atoms with Crippen molar-refractivity contribution in [3.05, 3.63) is 22.2 Å². The Morgan fingerprint density at radius 3 is 2.77 bits per heavy atom. The molecule has 1 aliphatic carbocycles. The van der Waals surface area contributed by atoms with Crippen LogP contribution in [0.15, 0.2) is 21.5 Å². The number of halogens is 1. The first-order valence-electron chi connectivity index (χ1n) is 7.69. The average molecular weight is 389 g/mol. The van der Waals surface area contributed by atoms with Crippen LogP contribution in [0.3, 0.4) is 0 Å². The molecule has 1 atom stereocenters. The molecule has 0 amide bonds. The van der Waals surface area contributed by atoms with Gasteiger partial charge in [0.25, 0.3) is 0 Å². The molecule has 0 radical (unpaired) electrons. The van der Waals surface area contributed by atoms with Crippen LogP contribution in [-0.4, -0.2) is 27.6 Å². The number of benzene rings is 1. The minimum atomic E-state index is -3.64. The topological polar surface area (TPSA) is 81.4 Å². The molecule has 0 bridgehead atoms. The van der Waals surface area contributed by atoms with Crippen LogP contribution >= 0.6 is 15.9 Å². The molecule has 2 aliphatic rings. The molecule has 1 aliphatic heterocycles. The van der Waals surface area contributed by atoms with Gasteiger partial charge in [-0.05, 0) is 30.9 Å². The van der Waals surface area contributed by atoms with Crippen LogP contribution in [0.5, 0.6) is 5.75 Å². The summed E-state index contributed by atoms with van der Waals surface area (Å²) in [5.41, 5.74) is 6.74. The van der Waals surface area contributed by atoms with Crippen LogP contribution in [0.1, 0.15) is 31.2 Å². The van der Waals surface area contributed by atoms with E-state index in [1.807, 2.05) is 6.07 Å². The van der Waals surface area contributed by atoms with Gasteiger partial charge in [-0.15, -0.1) is 0 Å². The molecule has 3 rings (SSSR count). The minimum Gasteiger partial charge on any atom is -0.492 e. The van der Waals surface area contributed by atoms with Gasteiger partial charge in [0.05, 0.1) is 6.61 Å². The van der Waals surface area contributed by atoms with Gasteiger partial charge in [0.15, 0.2) is 0 Å². The van der Waals surface area contributed by atoms with Crippen LogP contribution in [0, 0.1) is 5.92 Å². The lowest BCUT2D eigenvalue weighted by Gasteiger charge is -2.23. The lowest BCUT2D eigenvalue weighted by atomic mass is 9.99. The summed E-state index contributed by atoms with van der Waals surface area (Å²) in [4.78, 5) is 0.214. The van der Waals surface area contributed by atoms with Gasteiger partial charge < -0.3 is 10.5 Å². The van der Waals surface area contributed by atoms with Gasteiger partial charge in [-0.1, -0.05) is 28.8 Å². The van der Waals surface area contributed by atoms with Gasteiger partial charge in [0.1, 0.15) is 10.6 Å². The van der Waals surface area contributed by atoms with Crippen LogP contribution in [0.25, 0.3) is 0 Å². The second kappa shape index (κ2) is 6.47. The Morgan fingerprint density at radius 2 is 2.09 bits per heavy atom. The fraction of sp³-hybridized carbons (Fsp3) is 0.600. The normalized spacial score (nSPS) is 19.9. The molecule has 1 aromatic rings. The van der Waals surface area contributed by atoms with Crippen molar-refractivity contribution in [2.24, 2.45) is 11.7 Å². The highest BCUT2D eigenvalue weighted by molar-refractivity contribution is 9.10. The van der Waals surface area contributed by atoms with Crippen LogP contribution < -0.4 is 15.2 Å². The van der Waals surface area contributed by atoms with Crippen molar-refractivity contribution >= 4 is 26.0 Å². The summed E-state index contributed by atoms with van der Waals surface area (Å²) in [6, 6.07) is 3.32. The number of fused-ring (bicyclic) bond motifs is 1. The first-order valence-corrected chi connectivity index (χ1v) is 9.96. The minimum absolute atomic E-state index is 0.205. The third kappa shape index (κ3) is 3.18. The molecule has 1 fully saturated rings. The third-order valence-corrected chi connectivity index (χ3v) is 6.49. The Hall–Kier alpha value is -0.630. The highest BCUT2D eigenvalue weighted by atomic mass is 79.9. The van der Waals surface area contributed by atoms with Crippen molar-refractivity contribution in [3.63, 3.8) is 0 Å². The van der Waals surface area contributed by atoms with Gasteiger partial charge in [-0.25, -0.2) is 13.1 Å². The molecule has 122 valence electrons. The molecular formula is C15H21BrN2O3S. The molecule has 1 unspecified atom stereocenters. The first kappa shape index (κ1) is 16.2. The van der Waals surface area contributed by atoms with E-state index in [0.717, 1.165) is 42.1 Å². The molecule has 7 heteroatoms. The Bertz CT molecular complexity index is 657. The Labute approximate surface area is 139 Å². The summed E-state index contributed by atoms with van der Waals surface area (Å²) in [6.45, 7) is 0.845. The highest BCUT2D eigenvalue weighted by Crippen LogP contribution is 2.36. The zero-order chi connectivity index (χ0) is 15.7. The van der Waals surface area contributed by atoms with Crippen LogP contribution in [0.4, 0.5) is 0 Å². The van der Waals surface area contributed by atoms with Crippen molar-refractivity contribution in [2.45, 2.75) is 43.0 Å². The average Bonchev–Trinajstić information content (AvgIpc) is 3.14. The van der Waals surface area contributed by atoms with E-state index in [1.54, 1.807) is 6.07 Å². The van der Waals surface area contributed by atoms with E-state index < -0.39 is 10.0 Å². The summed E-state index contributed by atoms with van der Waals surface area (Å²) in [6.07, 6.45) is 5.12. The summed E-state index contributed by atoms with van der Waals surface area (Å²) >= 11 is 3.39. The second-order valence-electron chi connectivity index (χ2n) is 6.00. The fourth-order valence-corrected chi connectivity index (χ4v) is 5.58. The van der Waals surface area contributed by atoms with Gasteiger partial charge in [-0.2, -0.15) is 0 Å². The summed E-state index contributed by atoms with van der Waals surface area (Å²) < 4.78 is 34.7. The molecule has 5 nitrogen and oxygen atoms in total. The molecule has 0 aromatic heterocycles. The number of rotatable bonds is 5. The molecule has 1 saturated carbocycles. The van der Waals surface area contributed by atoms with E-state index in [2.05, 4.69) is 20.7 Å². The third-order valence-electron chi connectivity index (χ3n) is 4.53. The van der Waals surface area contributed by atoms with Gasteiger partial charge in [-0.3, -0.25) is 0 Å². The zero-order valence-corrected chi connectivity index (χ0v) is 14.7. The van der Waals surface area contributed by atoms with Gasteiger partial charge in [0, 0.05) is 29.0 Å². The predicted octanol–water partition coefficient (Wildman–Crippen LogP) is 2.18. The largest absolute Gasteiger partial charge is 0.492 e. The van der Waals surface area contributed by atoms with E-state index in [9.17, 15) is 8.42 Å². The maximum atomic E-state index is 12.8. The number of nitrogens with one attached hydrogen (secondary N) is 1. The number of nitrogens with two attached hydrogens (primary N) is 1. The molecule has 0 spiro atoms. The number of sulfonamides is 1. The monoisotopic (exact) mass is 388 g/mol. The zero-order valence-electron chi connectivity index (χ0n) is 12.3. The smallest absolute Gasteiger partial charge is 0.244 e. The van der Waals surface area contributed by atoms with Crippen molar-refractivity contribution < 1.29 is 13.2 Å². The Morgan fingerprint density at radius 1 is 1.36 bits per heavy atom. The van der Waals surface area contributed by atoms with Crippen LogP contribution in [-0.2, 0) is 16.4 Å². The maximum absolute atomic E-state index is 12.8. The lowest BCUT2D eigenvalue weighted by Crippen LogP contribution is -2.44. The molecule has 1 heterocycles. The molecular weight excluding hydrogens is 368 g/mol. The second-order valence-corrected chi connectivity index (χ2v) is 8.60. The van der Waals surface area contributed by atoms with Crippen molar-refractivity contribution in [1.82, 2.24) is 4.72 Å². The van der Waals surface area contributed by atoms with Gasteiger partial charge in [0.2, 0.25) is 10.0 Å². The van der Waals surface area contributed by atoms with Gasteiger partial charge >= 0.3 is 0 Å². The van der Waals surface area contributed by atoms with E-state index in [1.165, 1.54) is 0 Å². The SMILES string of the molecule is NCC(NS(=O)(=O)c1cc(Br)cc2c1OCC2)C1CCCC1. The number of hydrogen-bond donors (Lipinski definition) is 2. The van der Waals surface area contributed by atoms with E-state index in [4.69, 9.17) is 10.5 Å². The number of hydrogen-bond acceptors (Lipinski definition) is 4. The van der Waals surface area contributed by atoms with E-state index in [-0.39, 0.29) is 10.9 Å². The van der Waals surface area contributed by atoms with Crippen molar-refractivity contribution in [1.29, 1.82) is 0 Å². The predicted molar refractivity (Wildman–Crippen MR) is 88.5 cm³/mol. The standard InChI is InChI=1S/C15H21BrN2O3S/c16-12-7-11-5-6-21-15(11)14(8-12)22(19,20)18-13(9-17)10-3-1-2-4-10/h7-8,10,13,18H,1-6,9,17H2.